The third-order valence-electron chi connectivity index (χ3n) is 3.67. The molecule has 0 spiro atoms. The molecule has 1 fully saturated rings. The van der Waals surface area contributed by atoms with Gasteiger partial charge in [-0.1, -0.05) is 13.8 Å². The summed E-state index contributed by atoms with van der Waals surface area (Å²) in [5.74, 6) is -0.510. The summed E-state index contributed by atoms with van der Waals surface area (Å²) in [5, 5.41) is 19.4. The minimum Gasteiger partial charge on any atom is -0.396 e. The van der Waals surface area contributed by atoms with Gasteiger partial charge in [0.15, 0.2) is 0 Å². The largest absolute Gasteiger partial charge is 0.396 e. The molecule has 1 rings (SSSR count). The van der Waals surface area contributed by atoms with Crippen LogP contribution in [-0.2, 0) is 9.53 Å². The molecule has 0 aliphatic carbocycles. The van der Waals surface area contributed by atoms with Crippen molar-refractivity contribution < 1.29 is 19.7 Å². The molecule has 4 nitrogen and oxygen atoms in total. The van der Waals surface area contributed by atoms with E-state index in [0.29, 0.717) is 12.7 Å². The van der Waals surface area contributed by atoms with Crippen LogP contribution in [0.5, 0.6) is 0 Å². The van der Waals surface area contributed by atoms with E-state index >= 15 is 0 Å². The monoisotopic (exact) mass is 226 g/mol. The van der Waals surface area contributed by atoms with E-state index in [4.69, 9.17) is 12.6 Å². The van der Waals surface area contributed by atoms with E-state index < -0.39 is 17.7 Å². The number of carbonyl (C=O) groups is 1. The second-order valence-corrected chi connectivity index (χ2v) is 4.51. The van der Waals surface area contributed by atoms with Crippen molar-refractivity contribution in [2.75, 3.05) is 6.61 Å². The maximum absolute atomic E-state index is 10.7. The van der Waals surface area contributed by atoms with Crippen LogP contribution in [0.25, 0.3) is 0 Å². The van der Waals surface area contributed by atoms with E-state index in [9.17, 15) is 15.0 Å². The highest BCUT2D eigenvalue weighted by atomic mass is 16.5. The Labute approximate surface area is 97.4 Å². The molecule has 1 heterocycles. The van der Waals surface area contributed by atoms with E-state index in [1.807, 2.05) is 6.92 Å². The molecule has 0 amide bonds. The number of aliphatic hydroxyl groups excluding tert-OH is 2. The minimum absolute atomic E-state index is 0.0556. The Morgan fingerprint density at radius 2 is 2.25 bits per heavy atom. The number of hydrogen-bond acceptors (Lipinski definition) is 4. The van der Waals surface area contributed by atoms with Crippen LogP contribution in [0.15, 0.2) is 0 Å². The summed E-state index contributed by atoms with van der Waals surface area (Å²) in [7, 11) is 5.80. The zero-order valence-electron chi connectivity index (χ0n) is 9.80. The summed E-state index contributed by atoms with van der Waals surface area (Å²) in [4.78, 5) is 10.7. The zero-order valence-corrected chi connectivity index (χ0v) is 9.80. The number of ether oxygens (including phenoxy) is 1. The van der Waals surface area contributed by atoms with Gasteiger partial charge in [-0.3, -0.25) is 0 Å². The number of carbonyl (C=O) groups excluding carboxylic acids is 1. The SMILES string of the molecule is [B][C@@H]1O[C@@](CC=O)(C(C)CO)[C@@H](O)[C@H]1CC. The lowest BCUT2D eigenvalue weighted by Crippen LogP contribution is -2.48. The average Bonchev–Trinajstić information content (AvgIpc) is 2.51. The molecular weight excluding hydrogens is 207 g/mol. The summed E-state index contributed by atoms with van der Waals surface area (Å²) < 4.78 is 5.59. The highest BCUT2D eigenvalue weighted by Gasteiger charge is 2.54. The first-order valence-corrected chi connectivity index (χ1v) is 5.69. The Hall–Kier alpha value is -0.385. The Bertz CT molecular complexity index is 248. The fourth-order valence-electron chi connectivity index (χ4n) is 2.47. The van der Waals surface area contributed by atoms with Gasteiger partial charge in [-0.15, -0.1) is 0 Å². The van der Waals surface area contributed by atoms with Gasteiger partial charge in [0.05, 0.1) is 6.10 Å². The molecule has 1 saturated heterocycles. The van der Waals surface area contributed by atoms with Gasteiger partial charge in [0.1, 0.15) is 19.7 Å². The van der Waals surface area contributed by atoms with Crippen molar-refractivity contribution in [3.63, 3.8) is 0 Å². The number of rotatable bonds is 5. The molecule has 0 saturated carbocycles. The van der Waals surface area contributed by atoms with Gasteiger partial charge in [0, 0.05) is 30.9 Å². The zero-order chi connectivity index (χ0) is 12.3. The molecule has 2 N–H and O–H groups in total. The molecule has 0 bridgehead atoms. The Kier molecular flexibility index (Phi) is 4.53. The second kappa shape index (κ2) is 5.30. The van der Waals surface area contributed by atoms with Crippen LogP contribution in [0.1, 0.15) is 26.7 Å². The summed E-state index contributed by atoms with van der Waals surface area (Å²) >= 11 is 0. The quantitative estimate of drug-likeness (QED) is 0.505. The molecular formula is C11H19BO4. The Morgan fingerprint density at radius 3 is 2.62 bits per heavy atom. The summed E-state index contributed by atoms with van der Waals surface area (Å²) in [5.41, 5.74) is -1.03. The van der Waals surface area contributed by atoms with Crippen LogP contribution < -0.4 is 0 Å². The standard InChI is InChI=1S/C11H19BO4/c1-3-8-9(15)11(4-5-13,7(2)6-14)16-10(8)12/h5,7-10,14-15H,3-4,6H2,1-2H3/t7?,8-,9+,10-,11+/m1/s1. The molecule has 5 heteroatoms. The third-order valence-corrected chi connectivity index (χ3v) is 3.67. The molecule has 1 aliphatic rings. The van der Waals surface area contributed by atoms with E-state index in [-0.39, 0.29) is 24.9 Å². The fraction of sp³-hybridized carbons (Fsp3) is 0.909. The average molecular weight is 226 g/mol. The second-order valence-electron chi connectivity index (χ2n) is 4.51. The van der Waals surface area contributed by atoms with Gasteiger partial charge in [0.25, 0.3) is 0 Å². The molecule has 0 aromatic rings. The van der Waals surface area contributed by atoms with Crippen LogP contribution in [0.4, 0.5) is 0 Å². The van der Waals surface area contributed by atoms with E-state index in [1.165, 1.54) is 0 Å². The van der Waals surface area contributed by atoms with Gasteiger partial charge in [0.2, 0.25) is 0 Å². The maximum Gasteiger partial charge on any atom is 0.122 e. The van der Waals surface area contributed by atoms with Gasteiger partial charge in [-0.05, 0) is 6.42 Å². The molecule has 1 unspecified atom stereocenters. The molecule has 5 atom stereocenters. The third kappa shape index (κ3) is 2.04. The lowest BCUT2D eigenvalue weighted by molar-refractivity contribution is -0.133. The fourth-order valence-corrected chi connectivity index (χ4v) is 2.47. The van der Waals surface area contributed by atoms with Gasteiger partial charge >= 0.3 is 0 Å². The number of aliphatic hydroxyl groups is 2. The molecule has 0 aromatic carbocycles. The van der Waals surface area contributed by atoms with Crippen LogP contribution in [0.3, 0.4) is 0 Å². The van der Waals surface area contributed by atoms with Crippen molar-refractivity contribution in [1.29, 1.82) is 0 Å². The van der Waals surface area contributed by atoms with E-state index in [1.54, 1.807) is 6.92 Å². The van der Waals surface area contributed by atoms with Gasteiger partial charge in [-0.2, -0.15) is 0 Å². The predicted molar refractivity (Wildman–Crippen MR) is 60.1 cm³/mol. The van der Waals surface area contributed by atoms with Crippen LogP contribution in [0.2, 0.25) is 0 Å². The summed E-state index contributed by atoms with van der Waals surface area (Å²) in [6, 6.07) is -0.575. The van der Waals surface area contributed by atoms with Crippen molar-refractivity contribution in [2.24, 2.45) is 11.8 Å². The van der Waals surface area contributed by atoms with Crippen LogP contribution >= 0.6 is 0 Å². The molecule has 0 aromatic heterocycles. The normalized spacial score (nSPS) is 40.9. The molecule has 2 radical (unpaired) electrons. The molecule has 90 valence electrons. The van der Waals surface area contributed by atoms with Crippen LogP contribution in [-0.4, -0.2) is 48.7 Å². The van der Waals surface area contributed by atoms with Crippen molar-refractivity contribution >= 4 is 14.1 Å². The Balaban J connectivity index is 2.98. The van der Waals surface area contributed by atoms with Gasteiger partial charge in [-0.25, -0.2) is 0 Å². The topological polar surface area (TPSA) is 66.8 Å². The predicted octanol–water partition coefficient (Wildman–Crippen LogP) is -0.146. The Morgan fingerprint density at radius 1 is 1.62 bits per heavy atom. The highest BCUT2D eigenvalue weighted by molar-refractivity contribution is 6.11. The first-order chi connectivity index (χ1) is 7.53. The van der Waals surface area contributed by atoms with Crippen LogP contribution in [0, 0.1) is 11.8 Å². The lowest BCUT2D eigenvalue weighted by atomic mass is 9.75. The molecule has 16 heavy (non-hydrogen) atoms. The number of aldehydes is 1. The van der Waals surface area contributed by atoms with Crippen molar-refractivity contribution in [1.82, 2.24) is 0 Å². The number of hydrogen-bond donors (Lipinski definition) is 2. The first kappa shape index (κ1) is 13.7. The smallest absolute Gasteiger partial charge is 0.122 e. The lowest BCUT2D eigenvalue weighted by Gasteiger charge is -2.36. The molecule has 1 aliphatic heterocycles. The van der Waals surface area contributed by atoms with Crippen molar-refractivity contribution in [3.8, 4) is 0 Å². The highest BCUT2D eigenvalue weighted by Crippen LogP contribution is 2.42. The minimum atomic E-state index is -1.03. The van der Waals surface area contributed by atoms with E-state index in [0.717, 1.165) is 0 Å². The summed E-state index contributed by atoms with van der Waals surface area (Å²) in [6.07, 6.45) is 0.640. The van der Waals surface area contributed by atoms with Gasteiger partial charge < -0.3 is 19.7 Å². The maximum atomic E-state index is 10.7. The first-order valence-electron chi connectivity index (χ1n) is 5.69. The van der Waals surface area contributed by atoms with E-state index in [2.05, 4.69) is 0 Å². The summed E-state index contributed by atoms with van der Waals surface area (Å²) in [6.45, 7) is 3.52. The van der Waals surface area contributed by atoms with Crippen molar-refractivity contribution in [2.45, 2.75) is 44.4 Å². The van der Waals surface area contributed by atoms with Crippen molar-refractivity contribution in [3.05, 3.63) is 0 Å².